The molecule has 3 amide bonds. The van der Waals surface area contributed by atoms with Crippen LogP contribution in [0.3, 0.4) is 0 Å². The molecule has 1 aliphatic heterocycles. The SMILES string of the molecule is CC(=O)N1CCC(NC(=O)Nc2ccc(C)cc2)CC1. The van der Waals surface area contributed by atoms with Gasteiger partial charge >= 0.3 is 6.03 Å². The van der Waals surface area contributed by atoms with E-state index in [4.69, 9.17) is 0 Å². The largest absolute Gasteiger partial charge is 0.343 e. The summed E-state index contributed by atoms with van der Waals surface area (Å²) in [4.78, 5) is 24.9. The van der Waals surface area contributed by atoms with Gasteiger partial charge in [0.2, 0.25) is 5.91 Å². The quantitative estimate of drug-likeness (QED) is 0.868. The molecule has 2 N–H and O–H groups in total. The molecule has 1 fully saturated rings. The fourth-order valence-electron chi connectivity index (χ4n) is 2.33. The summed E-state index contributed by atoms with van der Waals surface area (Å²) >= 11 is 0. The van der Waals surface area contributed by atoms with E-state index in [1.807, 2.05) is 36.1 Å². The van der Waals surface area contributed by atoms with Gasteiger partial charge in [-0.25, -0.2) is 4.79 Å². The molecule has 0 spiro atoms. The first kappa shape index (κ1) is 14.4. The lowest BCUT2D eigenvalue weighted by Gasteiger charge is -2.31. The van der Waals surface area contributed by atoms with Gasteiger partial charge in [-0.2, -0.15) is 0 Å². The van der Waals surface area contributed by atoms with Gasteiger partial charge < -0.3 is 15.5 Å². The van der Waals surface area contributed by atoms with Crippen molar-refractivity contribution in [2.24, 2.45) is 0 Å². The molecular formula is C15H21N3O2. The Kier molecular flexibility index (Phi) is 4.61. The first-order valence-corrected chi connectivity index (χ1v) is 6.94. The summed E-state index contributed by atoms with van der Waals surface area (Å²) in [6, 6.07) is 7.63. The topological polar surface area (TPSA) is 61.4 Å². The van der Waals surface area contributed by atoms with Crippen LogP contribution in [0.2, 0.25) is 0 Å². The Bertz CT molecular complexity index is 476. The average molecular weight is 275 g/mol. The van der Waals surface area contributed by atoms with Gasteiger partial charge in [0, 0.05) is 31.7 Å². The summed E-state index contributed by atoms with van der Waals surface area (Å²) in [6.07, 6.45) is 1.61. The van der Waals surface area contributed by atoms with Crippen molar-refractivity contribution in [2.75, 3.05) is 18.4 Å². The predicted octanol–water partition coefficient (Wildman–Crippen LogP) is 2.13. The van der Waals surface area contributed by atoms with Gasteiger partial charge in [-0.1, -0.05) is 17.7 Å². The van der Waals surface area contributed by atoms with Crippen molar-refractivity contribution in [1.82, 2.24) is 10.2 Å². The summed E-state index contributed by atoms with van der Waals surface area (Å²) in [5.74, 6) is 0.104. The van der Waals surface area contributed by atoms with E-state index in [2.05, 4.69) is 10.6 Å². The second kappa shape index (κ2) is 6.41. The van der Waals surface area contributed by atoms with Gasteiger partial charge in [-0.3, -0.25) is 4.79 Å². The number of hydrogen-bond donors (Lipinski definition) is 2. The molecule has 0 radical (unpaired) electrons. The molecule has 1 heterocycles. The van der Waals surface area contributed by atoms with E-state index in [-0.39, 0.29) is 18.0 Å². The Morgan fingerprint density at radius 3 is 2.30 bits per heavy atom. The van der Waals surface area contributed by atoms with Crippen LogP contribution >= 0.6 is 0 Å². The van der Waals surface area contributed by atoms with Gasteiger partial charge in [0.15, 0.2) is 0 Å². The van der Waals surface area contributed by atoms with E-state index in [0.29, 0.717) is 13.1 Å². The Morgan fingerprint density at radius 1 is 1.15 bits per heavy atom. The minimum absolute atomic E-state index is 0.104. The predicted molar refractivity (Wildman–Crippen MR) is 78.6 cm³/mol. The molecule has 0 atom stereocenters. The van der Waals surface area contributed by atoms with Crippen LogP contribution in [-0.4, -0.2) is 36.0 Å². The Labute approximate surface area is 119 Å². The maximum atomic E-state index is 11.9. The van der Waals surface area contributed by atoms with Gasteiger partial charge in [0.25, 0.3) is 0 Å². The highest BCUT2D eigenvalue weighted by molar-refractivity contribution is 5.89. The van der Waals surface area contributed by atoms with E-state index in [9.17, 15) is 9.59 Å². The minimum atomic E-state index is -0.185. The van der Waals surface area contributed by atoms with Crippen LogP contribution in [0.4, 0.5) is 10.5 Å². The molecule has 5 heteroatoms. The molecular weight excluding hydrogens is 254 g/mol. The highest BCUT2D eigenvalue weighted by Gasteiger charge is 2.21. The number of hydrogen-bond acceptors (Lipinski definition) is 2. The number of anilines is 1. The molecule has 1 aromatic carbocycles. The number of piperidine rings is 1. The molecule has 2 rings (SSSR count). The minimum Gasteiger partial charge on any atom is -0.343 e. The van der Waals surface area contributed by atoms with Crippen molar-refractivity contribution < 1.29 is 9.59 Å². The highest BCUT2D eigenvalue weighted by atomic mass is 16.2. The highest BCUT2D eigenvalue weighted by Crippen LogP contribution is 2.12. The van der Waals surface area contributed by atoms with Crippen LogP contribution < -0.4 is 10.6 Å². The molecule has 1 aliphatic rings. The molecule has 0 saturated carbocycles. The third-order valence-corrected chi connectivity index (χ3v) is 3.58. The maximum Gasteiger partial charge on any atom is 0.319 e. The number of benzene rings is 1. The fraction of sp³-hybridized carbons (Fsp3) is 0.467. The van der Waals surface area contributed by atoms with Crippen molar-refractivity contribution in [1.29, 1.82) is 0 Å². The zero-order chi connectivity index (χ0) is 14.5. The first-order valence-electron chi connectivity index (χ1n) is 6.94. The molecule has 20 heavy (non-hydrogen) atoms. The molecule has 0 aromatic heterocycles. The van der Waals surface area contributed by atoms with E-state index < -0.39 is 0 Å². The maximum absolute atomic E-state index is 11.9. The molecule has 5 nitrogen and oxygen atoms in total. The number of rotatable bonds is 2. The van der Waals surface area contributed by atoms with Crippen LogP contribution in [0.1, 0.15) is 25.3 Å². The summed E-state index contributed by atoms with van der Waals surface area (Å²) in [7, 11) is 0. The van der Waals surface area contributed by atoms with Crippen LogP contribution in [-0.2, 0) is 4.79 Å². The van der Waals surface area contributed by atoms with Crippen LogP contribution in [0, 0.1) is 6.92 Å². The van der Waals surface area contributed by atoms with Crippen molar-refractivity contribution in [3.63, 3.8) is 0 Å². The van der Waals surface area contributed by atoms with Crippen molar-refractivity contribution in [3.05, 3.63) is 29.8 Å². The van der Waals surface area contributed by atoms with Gasteiger partial charge in [0.1, 0.15) is 0 Å². The molecule has 0 aliphatic carbocycles. The van der Waals surface area contributed by atoms with Crippen molar-refractivity contribution in [3.8, 4) is 0 Å². The van der Waals surface area contributed by atoms with Gasteiger partial charge in [0.05, 0.1) is 0 Å². The first-order chi connectivity index (χ1) is 9.54. The van der Waals surface area contributed by atoms with E-state index in [1.54, 1.807) is 6.92 Å². The average Bonchev–Trinajstić information content (AvgIpc) is 2.42. The number of nitrogens with zero attached hydrogens (tertiary/aromatic N) is 1. The standard InChI is InChI=1S/C15H21N3O2/c1-11-3-5-13(6-4-11)16-15(20)17-14-7-9-18(10-8-14)12(2)19/h3-6,14H,7-10H2,1-2H3,(H2,16,17,20). The Morgan fingerprint density at radius 2 is 1.75 bits per heavy atom. The third kappa shape index (κ3) is 3.98. The lowest BCUT2D eigenvalue weighted by molar-refractivity contribution is -0.129. The van der Waals surface area contributed by atoms with Crippen molar-refractivity contribution >= 4 is 17.6 Å². The molecule has 1 aromatic rings. The zero-order valence-corrected chi connectivity index (χ0v) is 12.0. The van der Waals surface area contributed by atoms with Gasteiger partial charge in [-0.05, 0) is 31.9 Å². The second-order valence-corrected chi connectivity index (χ2v) is 5.24. The number of aryl methyl sites for hydroxylation is 1. The van der Waals surface area contributed by atoms with E-state index in [0.717, 1.165) is 24.1 Å². The Balaban J connectivity index is 1.78. The normalized spacial score (nSPS) is 15.8. The van der Waals surface area contributed by atoms with Crippen molar-refractivity contribution in [2.45, 2.75) is 32.7 Å². The number of nitrogens with one attached hydrogen (secondary N) is 2. The van der Waals surface area contributed by atoms with Gasteiger partial charge in [-0.15, -0.1) is 0 Å². The number of carbonyl (C=O) groups is 2. The van der Waals surface area contributed by atoms with Crippen LogP contribution in [0.5, 0.6) is 0 Å². The number of likely N-dealkylation sites (tertiary alicyclic amines) is 1. The molecule has 1 saturated heterocycles. The van der Waals surface area contributed by atoms with E-state index in [1.165, 1.54) is 0 Å². The second-order valence-electron chi connectivity index (χ2n) is 5.24. The lowest BCUT2D eigenvalue weighted by Crippen LogP contribution is -2.47. The fourth-order valence-corrected chi connectivity index (χ4v) is 2.33. The molecule has 0 bridgehead atoms. The monoisotopic (exact) mass is 275 g/mol. The summed E-state index contributed by atoms with van der Waals surface area (Å²) in [5.41, 5.74) is 1.95. The smallest absolute Gasteiger partial charge is 0.319 e. The number of urea groups is 1. The number of amides is 3. The van der Waals surface area contributed by atoms with E-state index >= 15 is 0 Å². The summed E-state index contributed by atoms with van der Waals surface area (Å²) < 4.78 is 0. The molecule has 0 unspecified atom stereocenters. The summed E-state index contributed by atoms with van der Waals surface area (Å²) in [6.45, 7) is 5.01. The molecule has 108 valence electrons. The van der Waals surface area contributed by atoms with Crippen LogP contribution in [0.25, 0.3) is 0 Å². The van der Waals surface area contributed by atoms with Crippen LogP contribution in [0.15, 0.2) is 24.3 Å². The Hall–Kier alpha value is -2.04. The zero-order valence-electron chi connectivity index (χ0n) is 12.0. The number of carbonyl (C=O) groups excluding carboxylic acids is 2. The lowest BCUT2D eigenvalue weighted by atomic mass is 10.1. The summed E-state index contributed by atoms with van der Waals surface area (Å²) in [5, 5.41) is 5.77. The third-order valence-electron chi connectivity index (χ3n) is 3.58.